The molecule has 2 N–H and O–H groups in total. The molecule has 0 radical (unpaired) electrons. The number of rotatable bonds is 6. The lowest BCUT2D eigenvalue weighted by Crippen LogP contribution is -2.19. The number of nitrogens with zero attached hydrogens (tertiary/aromatic N) is 1. The average Bonchev–Trinajstić information content (AvgIpc) is 3.16. The number of benzene rings is 2. The summed E-state index contributed by atoms with van der Waals surface area (Å²) in [5.41, 5.74) is 1.83. The lowest BCUT2D eigenvalue weighted by atomic mass is 10.1. The van der Waals surface area contributed by atoms with E-state index in [1.807, 2.05) is 6.92 Å². The van der Waals surface area contributed by atoms with Gasteiger partial charge in [0.25, 0.3) is 11.6 Å². The number of ether oxygens (including phenoxy) is 1. The monoisotopic (exact) mass is 389 g/mol. The lowest BCUT2D eigenvalue weighted by molar-refractivity contribution is -0.384. The quantitative estimate of drug-likeness (QED) is 0.564. The van der Waals surface area contributed by atoms with Crippen LogP contribution < -0.4 is 10.6 Å². The largest absolute Gasteiger partial charge is 0.377 e. The van der Waals surface area contributed by atoms with E-state index in [1.165, 1.54) is 6.07 Å². The van der Waals surface area contributed by atoms with Crippen molar-refractivity contribution in [2.45, 2.75) is 25.9 Å². The molecule has 0 unspecified atom stereocenters. The van der Waals surface area contributed by atoms with E-state index in [0.717, 1.165) is 25.0 Å². The van der Waals surface area contributed by atoms with Gasteiger partial charge in [0.2, 0.25) is 0 Å². The summed E-state index contributed by atoms with van der Waals surface area (Å²) in [7, 11) is 0. The summed E-state index contributed by atoms with van der Waals surface area (Å²) in [5.74, 6) is -0.441. The highest BCUT2D eigenvalue weighted by Gasteiger charge is 2.20. The molecule has 1 fully saturated rings. The molecule has 2 aromatic carbocycles. The smallest absolute Gasteiger partial charge is 0.293 e. The van der Waals surface area contributed by atoms with Crippen LogP contribution in [0.1, 0.15) is 28.8 Å². The molecule has 1 atom stereocenters. The highest BCUT2D eigenvalue weighted by molar-refractivity contribution is 6.31. The zero-order chi connectivity index (χ0) is 19.4. The van der Waals surface area contributed by atoms with E-state index in [9.17, 15) is 14.9 Å². The highest BCUT2D eigenvalue weighted by Crippen LogP contribution is 2.27. The maximum atomic E-state index is 12.4. The van der Waals surface area contributed by atoms with E-state index in [2.05, 4.69) is 10.6 Å². The van der Waals surface area contributed by atoms with Crippen molar-refractivity contribution in [3.63, 3.8) is 0 Å². The number of hydrogen-bond acceptors (Lipinski definition) is 5. The maximum Gasteiger partial charge on any atom is 0.293 e. The first-order valence-electron chi connectivity index (χ1n) is 8.65. The van der Waals surface area contributed by atoms with Crippen LogP contribution in [0.15, 0.2) is 36.4 Å². The van der Waals surface area contributed by atoms with E-state index in [1.54, 1.807) is 30.3 Å². The van der Waals surface area contributed by atoms with Crippen LogP contribution in [0, 0.1) is 17.0 Å². The Morgan fingerprint density at radius 1 is 1.33 bits per heavy atom. The fraction of sp³-hybridized carbons (Fsp3) is 0.316. The Bertz CT molecular complexity index is 866. The van der Waals surface area contributed by atoms with Crippen molar-refractivity contribution in [1.29, 1.82) is 0 Å². The third-order valence-electron chi connectivity index (χ3n) is 4.43. The molecule has 0 bridgehead atoms. The molecule has 0 spiro atoms. The molecule has 1 amide bonds. The third kappa shape index (κ3) is 4.75. The summed E-state index contributed by atoms with van der Waals surface area (Å²) in [6.07, 6.45) is 1.98. The van der Waals surface area contributed by atoms with Gasteiger partial charge in [0.05, 0.1) is 11.0 Å². The Morgan fingerprint density at radius 2 is 2.15 bits per heavy atom. The molecule has 1 aliphatic rings. The zero-order valence-electron chi connectivity index (χ0n) is 14.8. The van der Waals surface area contributed by atoms with Crippen molar-refractivity contribution in [3.8, 4) is 0 Å². The number of nitro groups is 1. The molecule has 1 aliphatic heterocycles. The molecule has 142 valence electrons. The van der Waals surface area contributed by atoms with Crippen LogP contribution in [0.5, 0.6) is 0 Å². The zero-order valence-corrected chi connectivity index (χ0v) is 15.6. The summed E-state index contributed by atoms with van der Waals surface area (Å²) in [5, 5.41) is 17.7. The molecule has 3 rings (SSSR count). The number of nitrogens with one attached hydrogen (secondary N) is 2. The van der Waals surface area contributed by atoms with Gasteiger partial charge in [-0.25, -0.2) is 0 Å². The first-order valence-corrected chi connectivity index (χ1v) is 9.03. The molecule has 8 heteroatoms. The van der Waals surface area contributed by atoms with Gasteiger partial charge in [-0.05, 0) is 49.6 Å². The number of aryl methyl sites for hydroxylation is 1. The number of anilines is 2. The number of carbonyl (C=O) groups excluding carboxylic acids is 1. The minimum atomic E-state index is -0.503. The second kappa shape index (κ2) is 8.37. The Labute approximate surface area is 161 Å². The van der Waals surface area contributed by atoms with Crippen LogP contribution in [-0.2, 0) is 4.74 Å². The average molecular weight is 390 g/mol. The molecule has 27 heavy (non-hydrogen) atoms. The minimum Gasteiger partial charge on any atom is -0.377 e. The number of hydrogen-bond donors (Lipinski definition) is 2. The number of carbonyl (C=O) groups is 1. The van der Waals surface area contributed by atoms with Gasteiger partial charge in [-0.1, -0.05) is 17.7 Å². The van der Waals surface area contributed by atoms with Gasteiger partial charge in [-0.15, -0.1) is 0 Å². The fourth-order valence-corrected chi connectivity index (χ4v) is 3.06. The predicted molar refractivity (Wildman–Crippen MR) is 105 cm³/mol. The van der Waals surface area contributed by atoms with Crippen LogP contribution in [0.4, 0.5) is 17.1 Å². The molecule has 1 saturated heterocycles. The van der Waals surface area contributed by atoms with E-state index in [0.29, 0.717) is 22.9 Å². The molecule has 7 nitrogen and oxygen atoms in total. The van der Waals surface area contributed by atoms with Gasteiger partial charge >= 0.3 is 0 Å². The Kier molecular flexibility index (Phi) is 5.93. The van der Waals surface area contributed by atoms with Crippen molar-refractivity contribution >= 4 is 34.6 Å². The van der Waals surface area contributed by atoms with E-state index >= 15 is 0 Å². The fourth-order valence-electron chi connectivity index (χ4n) is 2.88. The van der Waals surface area contributed by atoms with Crippen LogP contribution in [0.25, 0.3) is 0 Å². The van der Waals surface area contributed by atoms with Gasteiger partial charge < -0.3 is 15.4 Å². The highest BCUT2D eigenvalue weighted by atomic mass is 35.5. The van der Waals surface area contributed by atoms with Gasteiger partial charge in [0.1, 0.15) is 5.69 Å². The standard InChI is InChI=1S/C19H20ClN3O4/c1-12-4-6-14(10-16(12)20)22-19(24)13-5-7-17(18(9-13)23(25)26)21-11-15-3-2-8-27-15/h4-7,9-10,15,21H,2-3,8,11H2,1H3,(H,22,24)/t15-/m0/s1. The van der Waals surface area contributed by atoms with Gasteiger partial charge in [-0.2, -0.15) is 0 Å². The topological polar surface area (TPSA) is 93.5 Å². The molecule has 0 saturated carbocycles. The van der Waals surface area contributed by atoms with Gasteiger partial charge in [-0.3, -0.25) is 14.9 Å². The lowest BCUT2D eigenvalue weighted by Gasteiger charge is -2.13. The molecular weight excluding hydrogens is 370 g/mol. The Balaban J connectivity index is 1.74. The van der Waals surface area contributed by atoms with Gasteiger partial charge in [0.15, 0.2) is 0 Å². The van der Waals surface area contributed by atoms with Crippen LogP contribution in [0.2, 0.25) is 5.02 Å². The van der Waals surface area contributed by atoms with Gasteiger partial charge in [0, 0.05) is 35.5 Å². The van der Waals surface area contributed by atoms with Crippen molar-refractivity contribution in [1.82, 2.24) is 0 Å². The Morgan fingerprint density at radius 3 is 2.81 bits per heavy atom. The third-order valence-corrected chi connectivity index (χ3v) is 4.84. The van der Waals surface area contributed by atoms with Crippen LogP contribution >= 0.6 is 11.6 Å². The normalized spacial score (nSPS) is 16.1. The Hall–Kier alpha value is -2.64. The minimum absolute atomic E-state index is 0.0545. The molecule has 2 aromatic rings. The van der Waals surface area contributed by atoms with Crippen molar-refractivity contribution in [3.05, 3.63) is 62.7 Å². The summed E-state index contributed by atoms with van der Waals surface area (Å²) >= 11 is 6.06. The second-order valence-electron chi connectivity index (χ2n) is 6.42. The van der Waals surface area contributed by atoms with Crippen molar-refractivity contribution in [2.24, 2.45) is 0 Å². The maximum absolute atomic E-state index is 12.4. The summed E-state index contributed by atoms with van der Waals surface area (Å²) in [6, 6.07) is 9.52. The molecule has 0 aromatic heterocycles. The number of nitro benzene ring substituents is 1. The summed E-state index contributed by atoms with van der Waals surface area (Å²) in [6.45, 7) is 3.07. The van der Waals surface area contributed by atoms with Crippen LogP contribution in [-0.4, -0.2) is 30.1 Å². The van der Waals surface area contributed by atoms with Crippen molar-refractivity contribution < 1.29 is 14.5 Å². The first-order chi connectivity index (χ1) is 12.9. The number of amides is 1. The van der Waals surface area contributed by atoms with Crippen molar-refractivity contribution in [2.75, 3.05) is 23.8 Å². The molecular formula is C19H20ClN3O4. The van der Waals surface area contributed by atoms with E-state index in [-0.39, 0.29) is 17.4 Å². The predicted octanol–water partition coefficient (Wildman–Crippen LogP) is 4.40. The SMILES string of the molecule is Cc1ccc(NC(=O)c2ccc(NC[C@@H]3CCCO3)c([N+](=O)[O-])c2)cc1Cl. The molecule has 0 aliphatic carbocycles. The molecule has 1 heterocycles. The van der Waals surface area contributed by atoms with Crippen LogP contribution in [0.3, 0.4) is 0 Å². The van der Waals surface area contributed by atoms with E-state index < -0.39 is 10.8 Å². The summed E-state index contributed by atoms with van der Waals surface area (Å²) in [4.78, 5) is 23.4. The summed E-state index contributed by atoms with van der Waals surface area (Å²) < 4.78 is 5.51. The van der Waals surface area contributed by atoms with E-state index in [4.69, 9.17) is 16.3 Å². The first kappa shape index (κ1) is 19.1. The number of halogens is 1. The second-order valence-corrected chi connectivity index (χ2v) is 6.83.